The van der Waals surface area contributed by atoms with Gasteiger partial charge in [-0.2, -0.15) is 5.26 Å². The summed E-state index contributed by atoms with van der Waals surface area (Å²) in [4.78, 5) is 12.3. The lowest BCUT2D eigenvalue weighted by Crippen LogP contribution is -2.13. The fraction of sp³-hybridized carbons (Fsp3) is 0.125. The summed E-state index contributed by atoms with van der Waals surface area (Å²) in [6.45, 7) is 1.54. The topological polar surface area (TPSA) is 40.9 Å². The standard InChI is InChI=1S/C16H11F2NO/c1-10-4-2-7-13(15(10)18)16(20)14(9-19)11-5-3-6-12(17)8-11/h2-8,14H,1H3. The maximum Gasteiger partial charge on any atom is 0.187 e. The number of nitrogens with zero attached hydrogens (tertiary/aromatic N) is 1. The van der Waals surface area contributed by atoms with Crippen LogP contribution in [0.2, 0.25) is 0 Å². The molecule has 4 heteroatoms. The summed E-state index contributed by atoms with van der Waals surface area (Å²) >= 11 is 0. The molecule has 0 fully saturated rings. The van der Waals surface area contributed by atoms with Crippen molar-refractivity contribution in [3.8, 4) is 6.07 Å². The lowest BCUT2D eigenvalue weighted by Gasteiger charge is -2.10. The average molecular weight is 271 g/mol. The van der Waals surface area contributed by atoms with Crippen molar-refractivity contribution in [2.24, 2.45) is 0 Å². The summed E-state index contributed by atoms with van der Waals surface area (Å²) in [7, 11) is 0. The van der Waals surface area contributed by atoms with Crippen molar-refractivity contribution in [3.63, 3.8) is 0 Å². The third kappa shape index (κ3) is 2.57. The first kappa shape index (κ1) is 13.9. The van der Waals surface area contributed by atoms with E-state index >= 15 is 0 Å². The van der Waals surface area contributed by atoms with Gasteiger partial charge >= 0.3 is 0 Å². The average Bonchev–Trinajstić information content (AvgIpc) is 2.42. The van der Waals surface area contributed by atoms with Gasteiger partial charge in [-0.25, -0.2) is 8.78 Å². The van der Waals surface area contributed by atoms with Crippen LogP contribution in [0.4, 0.5) is 8.78 Å². The van der Waals surface area contributed by atoms with Crippen molar-refractivity contribution >= 4 is 5.78 Å². The van der Waals surface area contributed by atoms with Crippen LogP contribution in [0.15, 0.2) is 42.5 Å². The molecule has 1 unspecified atom stereocenters. The molecule has 2 rings (SSSR count). The molecular formula is C16H11F2NO. The molecule has 0 aromatic heterocycles. The lowest BCUT2D eigenvalue weighted by atomic mass is 9.91. The van der Waals surface area contributed by atoms with Gasteiger partial charge in [0.1, 0.15) is 17.6 Å². The monoisotopic (exact) mass is 271 g/mol. The molecule has 0 heterocycles. The van der Waals surface area contributed by atoms with E-state index < -0.39 is 23.3 Å². The molecule has 0 aliphatic rings. The number of aryl methyl sites for hydroxylation is 1. The van der Waals surface area contributed by atoms with Crippen LogP contribution in [0.1, 0.15) is 27.4 Å². The van der Waals surface area contributed by atoms with E-state index in [0.717, 1.165) is 6.07 Å². The first-order chi connectivity index (χ1) is 9.54. The van der Waals surface area contributed by atoms with Gasteiger partial charge in [-0.3, -0.25) is 4.79 Å². The molecule has 100 valence electrons. The van der Waals surface area contributed by atoms with Crippen LogP contribution >= 0.6 is 0 Å². The number of hydrogen-bond acceptors (Lipinski definition) is 2. The second kappa shape index (κ2) is 5.62. The van der Waals surface area contributed by atoms with Crippen LogP contribution in [0.3, 0.4) is 0 Å². The maximum atomic E-state index is 13.9. The Morgan fingerprint density at radius 1 is 1.20 bits per heavy atom. The molecule has 2 aromatic carbocycles. The van der Waals surface area contributed by atoms with E-state index in [9.17, 15) is 13.6 Å². The van der Waals surface area contributed by atoms with Crippen LogP contribution in [0, 0.1) is 29.9 Å². The summed E-state index contributed by atoms with van der Waals surface area (Å²) < 4.78 is 27.1. The molecule has 0 N–H and O–H groups in total. The highest BCUT2D eigenvalue weighted by atomic mass is 19.1. The van der Waals surface area contributed by atoms with E-state index in [2.05, 4.69) is 0 Å². The molecule has 0 spiro atoms. The summed E-state index contributed by atoms with van der Waals surface area (Å²) in [6.07, 6.45) is 0. The quantitative estimate of drug-likeness (QED) is 0.797. The third-order valence-corrected chi connectivity index (χ3v) is 3.03. The second-order valence-corrected chi connectivity index (χ2v) is 4.42. The van der Waals surface area contributed by atoms with E-state index in [1.165, 1.54) is 37.3 Å². The van der Waals surface area contributed by atoms with Gasteiger partial charge < -0.3 is 0 Å². The number of carbonyl (C=O) groups excluding carboxylic acids is 1. The maximum absolute atomic E-state index is 13.9. The van der Waals surface area contributed by atoms with Crippen LogP contribution in [0.25, 0.3) is 0 Å². The van der Waals surface area contributed by atoms with Gasteiger partial charge in [0.25, 0.3) is 0 Å². The van der Waals surface area contributed by atoms with Gasteiger partial charge in [0.15, 0.2) is 5.78 Å². The molecule has 1 atom stereocenters. The Bertz CT molecular complexity index is 704. The molecule has 0 saturated carbocycles. The Morgan fingerprint density at radius 2 is 1.90 bits per heavy atom. The molecule has 0 radical (unpaired) electrons. The van der Waals surface area contributed by atoms with Gasteiger partial charge in [-0.05, 0) is 36.2 Å². The van der Waals surface area contributed by atoms with E-state index in [4.69, 9.17) is 5.26 Å². The fourth-order valence-electron chi connectivity index (χ4n) is 1.96. The molecular weight excluding hydrogens is 260 g/mol. The van der Waals surface area contributed by atoms with Crippen molar-refractivity contribution in [3.05, 3.63) is 70.8 Å². The van der Waals surface area contributed by atoms with Crippen molar-refractivity contribution in [2.45, 2.75) is 12.8 Å². The number of hydrogen-bond donors (Lipinski definition) is 0. The van der Waals surface area contributed by atoms with Gasteiger partial charge in [-0.1, -0.05) is 24.3 Å². The van der Waals surface area contributed by atoms with Gasteiger partial charge in [0.2, 0.25) is 0 Å². The molecule has 0 bridgehead atoms. The van der Waals surface area contributed by atoms with E-state index in [-0.39, 0.29) is 11.1 Å². The highest BCUT2D eigenvalue weighted by Crippen LogP contribution is 2.23. The molecule has 2 aromatic rings. The zero-order valence-corrected chi connectivity index (χ0v) is 10.7. The summed E-state index contributed by atoms with van der Waals surface area (Å²) in [5, 5.41) is 9.15. The predicted octanol–water partition coefficient (Wildman–Crippen LogP) is 3.76. The minimum atomic E-state index is -1.22. The van der Waals surface area contributed by atoms with Crippen LogP contribution in [0.5, 0.6) is 0 Å². The number of rotatable bonds is 3. The molecule has 0 aliphatic carbocycles. The van der Waals surface area contributed by atoms with Crippen molar-refractivity contribution in [1.29, 1.82) is 5.26 Å². The minimum Gasteiger partial charge on any atom is -0.292 e. The van der Waals surface area contributed by atoms with Gasteiger partial charge in [0.05, 0.1) is 11.6 Å². The number of carbonyl (C=O) groups is 1. The van der Waals surface area contributed by atoms with Crippen LogP contribution in [-0.2, 0) is 0 Å². The summed E-state index contributed by atoms with van der Waals surface area (Å²) in [6, 6.07) is 11.4. The first-order valence-electron chi connectivity index (χ1n) is 5.99. The fourth-order valence-corrected chi connectivity index (χ4v) is 1.96. The zero-order valence-electron chi connectivity index (χ0n) is 10.7. The minimum absolute atomic E-state index is 0.152. The van der Waals surface area contributed by atoms with Crippen molar-refractivity contribution in [1.82, 2.24) is 0 Å². The number of benzene rings is 2. The summed E-state index contributed by atoms with van der Waals surface area (Å²) in [5.41, 5.74) is 0.394. The summed E-state index contributed by atoms with van der Waals surface area (Å²) in [5.74, 6) is -3.07. The molecule has 0 saturated heterocycles. The van der Waals surface area contributed by atoms with Gasteiger partial charge in [-0.15, -0.1) is 0 Å². The second-order valence-electron chi connectivity index (χ2n) is 4.42. The molecule has 0 aliphatic heterocycles. The largest absolute Gasteiger partial charge is 0.292 e. The van der Waals surface area contributed by atoms with Crippen molar-refractivity contribution in [2.75, 3.05) is 0 Å². The third-order valence-electron chi connectivity index (χ3n) is 3.03. The number of ketones is 1. The van der Waals surface area contributed by atoms with Crippen molar-refractivity contribution < 1.29 is 13.6 Å². The highest BCUT2D eigenvalue weighted by Gasteiger charge is 2.25. The van der Waals surface area contributed by atoms with E-state index in [1.54, 1.807) is 6.07 Å². The number of nitriles is 1. The Morgan fingerprint density at radius 3 is 2.55 bits per heavy atom. The van der Waals surface area contributed by atoms with Gasteiger partial charge in [0, 0.05) is 0 Å². The highest BCUT2D eigenvalue weighted by molar-refractivity contribution is 6.03. The predicted molar refractivity (Wildman–Crippen MR) is 70.2 cm³/mol. The Hall–Kier alpha value is -2.54. The SMILES string of the molecule is Cc1cccc(C(=O)C(C#N)c2cccc(F)c2)c1F. The zero-order chi connectivity index (χ0) is 14.7. The van der Waals surface area contributed by atoms with Crippen LogP contribution in [-0.4, -0.2) is 5.78 Å². The number of halogens is 2. The molecule has 2 nitrogen and oxygen atoms in total. The Kier molecular flexibility index (Phi) is 3.90. The lowest BCUT2D eigenvalue weighted by molar-refractivity contribution is 0.0974. The Balaban J connectivity index is 2.45. The number of Topliss-reactive ketones (excluding diaryl/α,β-unsaturated/α-hetero) is 1. The first-order valence-corrected chi connectivity index (χ1v) is 5.99. The van der Waals surface area contributed by atoms with E-state index in [1.807, 2.05) is 6.07 Å². The molecule has 0 amide bonds. The van der Waals surface area contributed by atoms with Crippen LogP contribution < -0.4 is 0 Å². The van der Waals surface area contributed by atoms with E-state index in [0.29, 0.717) is 5.56 Å². The Labute approximate surface area is 115 Å². The normalized spacial score (nSPS) is 11.7. The smallest absolute Gasteiger partial charge is 0.187 e. The molecule has 20 heavy (non-hydrogen) atoms.